The second-order valence-corrected chi connectivity index (χ2v) is 5.35. The zero-order valence-electron chi connectivity index (χ0n) is 9.12. The van der Waals surface area contributed by atoms with Crippen molar-refractivity contribution in [1.82, 2.24) is 10.3 Å². The molecule has 84 valence electrons. The van der Waals surface area contributed by atoms with Crippen LogP contribution in [0.25, 0.3) is 0 Å². The van der Waals surface area contributed by atoms with Crippen molar-refractivity contribution >= 4 is 11.3 Å². The number of rotatable bonds is 4. The molecule has 1 atom stereocenters. The van der Waals surface area contributed by atoms with Gasteiger partial charge in [0.1, 0.15) is 0 Å². The molecular weight excluding hydrogens is 208 g/mol. The first-order chi connectivity index (χ1) is 7.31. The summed E-state index contributed by atoms with van der Waals surface area (Å²) in [5.41, 5.74) is 1.29. The van der Waals surface area contributed by atoms with Crippen LogP contribution in [0.15, 0.2) is 0 Å². The van der Waals surface area contributed by atoms with Crippen LogP contribution in [-0.4, -0.2) is 29.8 Å². The van der Waals surface area contributed by atoms with Gasteiger partial charge in [0.2, 0.25) is 0 Å². The molecule has 3 nitrogen and oxygen atoms in total. The maximum atomic E-state index is 8.78. The van der Waals surface area contributed by atoms with Crippen molar-refractivity contribution in [3.05, 3.63) is 15.6 Å². The molecule has 2 heterocycles. The van der Waals surface area contributed by atoms with Gasteiger partial charge in [0.05, 0.1) is 10.7 Å². The van der Waals surface area contributed by atoms with Gasteiger partial charge in [0, 0.05) is 30.4 Å². The molecule has 4 heteroatoms. The Morgan fingerprint density at radius 3 is 3.13 bits per heavy atom. The summed E-state index contributed by atoms with van der Waals surface area (Å²) in [5.74, 6) is 0.615. The Labute approximate surface area is 94.5 Å². The molecule has 1 saturated heterocycles. The highest BCUT2D eigenvalue weighted by Gasteiger charge is 2.21. The van der Waals surface area contributed by atoms with Gasteiger partial charge in [0.15, 0.2) is 0 Å². The largest absolute Gasteiger partial charge is 0.396 e. The number of aryl methyl sites for hydroxylation is 2. The van der Waals surface area contributed by atoms with Crippen molar-refractivity contribution in [1.29, 1.82) is 0 Å². The van der Waals surface area contributed by atoms with Crippen molar-refractivity contribution in [2.75, 3.05) is 19.7 Å². The topological polar surface area (TPSA) is 45.2 Å². The van der Waals surface area contributed by atoms with Crippen LogP contribution in [0.2, 0.25) is 0 Å². The molecule has 0 bridgehead atoms. The molecule has 1 aromatic heterocycles. The van der Waals surface area contributed by atoms with E-state index in [1.807, 2.05) is 0 Å². The Morgan fingerprint density at radius 2 is 2.47 bits per heavy atom. The van der Waals surface area contributed by atoms with E-state index in [9.17, 15) is 0 Å². The van der Waals surface area contributed by atoms with E-state index < -0.39 is 0 Å². The average Bonchev–Trinajstić information content (AvgIpc) is 2.83. The quantitative estimate of drug-likeness (QED) is 0.817. The molecule has 1 aliphatic rings. The van der Waals surface area contributed by atoms with Crippen molar-refractivity contribution in [3.8, 4) is 0 Å². The summed E-state index contributed by atoms with van der Waals surface area (Å²) in [6.45, 7) is 4.62. The minimum atomic E-state index is 0.263. The van der Waals surface area contributed by atoms with Gasteiger partial charge < -0.3 is 10.4 Å². The molecule has 15 heavy (non-hydrogen) atoms. The SMILES string of the molecule is Cc1sc(CCCO)nc1C1CCNC1. The molecule has 0 amide bonds. The first kappa shape index (κ1) is 11.0. The summed E-state index contributed by atoms with van der Waals surface area (Å²) in [4.78, 5) is 6.05. The lowest BCUT2D eigenvalue weighted by Crippen LogP contribution is -2.08. The van der Waals surface area contributed by atoms with Gasteiger partial charge in [-0.3, -0.25) is 0 Å². The first-order valence-corrected chi connectivity index (χ1v) is 6.40. The fourth-order valence-electron chi connectivity index (χ4n) is 2.07. The summed E-state index contributed by atoms with van der Waals surface area (Å²) >= 11 is 1.79. The van der Waals surface area contributed by atoms with Gasteiger partial charge in [-0.05, 0) is 26.3 Å². The number of aliphatic hydroxyl groups excluding tert-OH is 1. The third-order valence-corrected chi connectivity index (χ3v) is 3.92. The van der Waals surface area contributed by atoms with E-state index in [1.165, 1.54) is 22.0 Å². The van der Waals surface area contributed by atoms with E-state index in [4.69, 9.17) is 10.1 Å². The molecule has 0 radical (unpaired) electrons. The zero-order chi connectivity index (χ0) is 10.7. The van der Waals surface area contributed by atoms with Crippen LogP contribution in [-0.2, 0) is 6.42 Å². The highest BCUT2D eigenvalue weighted by atomic mass is 32.1. The lowest BCUT2D eigenvalue weighted by molar-refractivity contribution is 0.288. The summed E-state index contributed by atoms with van der Waals surface area (Å²) in [6.07, 6.45) is 2.96. The van der Waals surface area contributed by atoms with Crippen LogP contribution in [0, 0.1) is 6.92 Å². The zero-order valence-corrected chi connectivity index (χ0v) is 9.94. The minimum absolute atomic E-state index is 0.263. The Kier molecular flexibility index (Phi) is 3.72. The molecule has 0 saturated carbocycles. The van der Waals surface area contributed by atoms with Gasteiger partial charge in [-0.1, -0.05) is 0 Å². The molecule has 2 rings (SSSR count). The Morgan fingerprint density at radius 1 is 1.60 bits per heavy atom. The Bertz CT molecular complexity index is 318. The van der Waals surface area contributed by atoms with Crippen LogP contribution in [0.1, 0.15) is 34.3 Å². The molecule has 0 aliphatic carbocycles. The Hall–Kier alpha value is -0.450. The van der Waals surface area contributed by atoms with Crippen molar-refractivity contribution in [2.45, 2.75) is 32.1 Å². The van der Waals surface area contributed by atoms with E-state index in [-0.39, 0.29) is 6.61 Å². The van der Waals surface area contributed by atoms with Gasteiger partial charge in [-0.15, -0.1) is 11.3 Å². The third-order valence-electron chi connectivity index (χ3n) is 2.87. The number of nitrogens with zero attached hydrogens (tertiary/aromatic N) is 1. The predicted octanol–water partition coefficient (Wildman–Crippen LogP) is 1.45. The van der Waals surface area contributed by atoms with Crippen LogP contribution < -0.4 is 5.32 Å². The molecule has 1 unspecified atom stereocenters. The minimum Gasteiger partial charge on any atom is -0.396 e. The lowest BCUT2D eigenvalue weighted by atomic mass is 10.0. The fourth-order valence-corrected chi connectivity index (χ4v) is 3.13. The van der Waals surface area contributed by atoms with E-state index in [2.05, 4.69) is 12.2 Å². The number of thiazole rings is 1. The summed E-state index contributed by atoms with van der Waals surface area (Å²) in [5, 5.41) is 13.3. The number of nitrogens with one attached hydrogen (secondary N) is 1. The van der Waals surface area contributed by atoms with Gasteiger partial charge in [-0.2, -0.15) is 0 Å². The van der Waals surface area contributed by atoms with Crippen molar-refractivity contribution in [3.63, 3.8) is 0 Å². The molecular formula is C11H18N2OS. The summed E-state index contributed by atoms with van der Waals surface area (Å²) < 4.78 is 0. The number of hydrogen-bond acceptors (Lipinski definition) is 4. The van der Waals surface area contributed by atoms with Crippen molar-refractivity contribution < 1.29 is 5.11 Å². The molecule has 0 aromatic carbocycles. The normalized spacial score (nSPS) is 21.1. The van der Waals surface area contributed by atoms with E-state index >= 15 is 0 Å². The monoisotopic (exact) mass is 226 g/mol. The second-order valence-electron chi connectivity index (χ2n) is 4.07. The van der Waals surface area contributed by atoms with E-state index in [0.717, 1.165) is 25.9 Å². The van der Waals surface area contributed by atoms with Crippen molar-refractivity contribution in [2.24, 2.45) is 0 Å². The van der Waals surface area contributed by atoms with Gasteiger partial charge >= 0.3 is 0 Å². The smallest absolute Gasteiger partial charge is 0.0932 e. The van der Waals surface area contributed by atoms with Crippen LogP contribution >= 0.6 is 11.3 Å². The highest BCUT2D eigenvalue weighted by Crippen LogP contribution is 2.28. The lowest BCUT2D eigenvalue weighted by Gasteiger charge is -2.04. The number of aliphatic hydroxyl groups is 1. The highest BCUT2D eigenvalue weighted by molar-refractivity contribution is 7.11. The van der Waals surface area contributed by atoms with Crippen LogP contribution in [0.3, 0.4) is 0 Å². The fraction of sp³-hybridized carbons (Fsp3) is 0.727. The first-order valence-electron chi connectivity index (χ1n) is 5.59. The Balaban J connectivity index is 2.06. The van der Waals surface area contributed by atoms with Crippen LogP contribution in [0.5, 0.6) is 0 Å². The molecule has 1 aliphatic heterocycles. The van der Waals surface area contributed by atoms with Gasteiger partial charge in [0.25, 0.3) is 0 Å². The van der Waals surface area contributed by atoms with E-state index in [0.29, 0.717) is 5.92 Å². The molecule has 0 spiro atoms. The summed E-state index contributed by atoms with van der Waals surface area (Å²) in [6, 6.07) is 0. The average molecular weight is 226 g/mol. The third kappa shape index (κ3) is 2.56. The van der Waals surface area contributed by atoms with E-state index in [1.54, 1.807) is 11.3 Å². The van der Waals surface area contributed by atoms with Gasteiger partial charge in [-0.25, -0.2) is 4.98 Å². The number of aromatic nitrogens is 1. The van der Waals surface area contributed by atoms with Crippen LogP contribution in [0.4, 0.5) is 0 Å². The second kappa shape index (κ2) is 5.05. The predicted molar refractivity (Wildman–Crippen MR) is 62.5 cm³/mol. The maximum Gasteiger partial charge on any atom is 0.0932 e. The standard InChI is InChI=1S/C11H18N2OS/c1-8-11(9-4-5-12-7-9)13-10(15-8)3-2-6-14/h9,12,14H,2-7H2,1H3. The maximum absolute atomic E-state index is 8.78. The molecule has 2 N–H and O–H groups in total. The summed E-state index contributed by atoms with van der Waals surface area (Å²) in [7, 11) is 0. The molecule has 1 aromatic rings. The number of hydrogen-bond donors (Lipinski definition) is 2. The molecule has 1 fully saturated rings.